The first-order valence-corrected chi connectivity index (χ1v) is 6.37. The molecular weight excluding hydrogens is 256 g/mol. The van der Waals surface area contributed by atoms with E-state index >= 15 is 0 Å². The van der Waals surface area contributed by atoms with Crippen LogP contribution in [-0.4, -0.2) is 17.0 Å². The molecule has 3 heteroatoms. The topological polar surface area (TPSA) is 29.5 Å². The first-order valence-electron chi connectivity index (χ1n) is 5.24. The second-order valence-electron chi connectivity index (χ2n) is 3.44. The van der Waals surface area contributed by atoms with Gasteiger partial charge in [-0.3, -0.25) is 0 Å². The smallest absolute Gasteiger partial charge is 0.119 e. The Morgan fingerprint density at radius 2 is 2.27 bits per heavy atom. The van der Waals surface area contributed by atoms with Crippen molar-refractivity contribution in [2.24, 2.45) is 0 Å². The molecule has 84 valence electrons. The Bertz CT molecular complexity index is 289. The first kappa shape index (κ1) is 12.5. The Hall–Kier alpha value is -0.540. The molecule has 1 aromatic rings. The lowest BCUT2D eigenvalue weighted by Crippen LogP contribution is -2.00. The predicted octanol–water partition coefficient (Wildman–Crippen LogP) is 3.29. The molecule has 0 radical (unpaired) electrons. The van der Waals surface area contributed by atoms with Crippen molar-refractivity contribution in [2.75, 3.05) is 11.9 Å². The standard InChI is InChI=1S/C12H17BrO2/c1-2-3-7-15-11-6-4-5-10(8-11)12(14)9-13/h4-6,8,12,14H,2-3,7,9H2,1H3. The van der Waals surface area contributed by atoms with Crippen molar-refractivity contribution in [2.45, 2.75) is 25.9 Å². The number of halogens is 1. The Morgan fingerprint density at radius 3 is 2.93 bits per heavy atom. The summed E-state index contributed by atoms with van der Waals surface area (Å²) in [5.41, 5.74) is 0.890. The number of hydrogen-bond donors (Lipinski definition) is 1. The molecule has 0 aliphatic carbocycles. The van der Waals surface area contributed by atoms with Gasteiger partial charge in [0.1, 0.15) is 5.75 Å². The lowest BCUT2D eigenvalue weighted by atomic mass is 10.1. The second-order valence-corrected chi connectivity index (χ2v) is 4.09. The minimum Gasteiger partial charge on any atom is -0.494 e. The zero-order valence-electron chi connectivity index (χ0n) is 8.95. The highest BCUT2D eigenvalue weighted by atomic mass is 79.9. The molecule has 1 aromatic carbocycles. The molecule has 0 saturated heterocycles. The van der Waals surface area contributed by atoms with Crippen LogP contribution >= 0.6 is 15.9 Å². The van der Waals surface area contributed by atoms with Gasteiger partial charge in [0.05, 0.1) is 12.7 Å². The number of benzene rings is 1. The number of alkyl halides is 1. The monoisotopic (exact) mass is 272 g/mol. The van der Waals surface area contributed by atoms with E-state index in [2.05, 4.69) is 22.9 Å². The third kappa shape index (κ3) is 4.22. The third-order valence-corrected chi connectivity index (χ3v) is 2.77. The fourth-order valence-corrected chi connectivity index (χ4v) is 1.61. The van der Waals surface area contributed by atoms with Gasteiger partial charge in [-0.25, -0.2) is 0 Å². The van der Waals surface area contributed by atoms with Crippen LogP contribution in [0.25, 0.3) is 0 Å². The number of hydrogen-bond acceptors (Lipinski definition) is 2. The van der Waals surface area contributed by atoms with Crippen LogP contribution in [0.4, 0.5) is 0 Å². The summed E-state index contributed by atoms with van der Waals surface area (Å²) in [6.45, 7) is 2.87. The van der Waals surface area contributed by atoms with Gasteiger partial charge < -0.3 is 9.84 Å². The van der Waals surface area contributed by atoms with E-state index in [1.54, 1.807) is 0 Å². The van der Waals surface area contributed by atoms with Crippen molar-refractivity contribution in [3.8, 4) is 5.75 Å². The van der Waals surface area contributed by atoms with Gasteiger partial charge in [0.2, 0.25) is 0 Å². The average molecular weight is 273 g/mol. The number of unbranched alkanes of at least 4 members (excludes halogenated alkanes) is 1. The Labute approximate surface area is 99.4 Å². The lowest BCUT2D eigenvalue weighted by Gasteiger charge is -2.10. The van der Waals surface area contributed by atoms with Crippen LogP contribution < -0.4 is 4.74 Å². The van der Waals surface area contributed by atoms with Crippen LogP contribution in [0.15, 0.2) is 24.3 Å². The van der Waals surface area contributed by atoms with E-state index < -0.39 is 6.10 Å². The number of rotatable bonds is 6. The maximum Gasteiger partial charge on any atom is 0.119 e. The van der Waals surface area contributed by atoms with Crippen LogP contribution in [0.5, 0.6) is 5.75 Å². The van der Waals surface area contributed by atoms with Gasteiger partial charge in [-0.05, 0) is 24.1 Å². The molecule has 1 rings (SSSR count). The molecular formula is C12H17BrO2. The van der Waals surface area contributed by atoms with Crippen LogP contribution in [0.3, 0.4) is 0 Å². The zero-order valence-corrected chi connectivity index (χ0v) is 10.5. The van der Waals surface area contributed by atoms with E-state index in [-0.39, 0.29) is 0 Å². The molecule has 0 aliphatic rings. The lowest BCUT2D eigenvalue weighted by molar-refractivity contribution is 0.204. The van der Waals surface area contributed by atoms with Crippen LogP contribution in [0, 0.1) is 0 Å². The summed E-state index contributed by atoms with van der Waals surface area (Å²) in [6.07, 6.45) is 1.73. The van der Waals surface area contributed by atoms with E-state index in [0.29, 0.717) is 5.33 Å². The average Bonchev–Trinajstić information content (AvgIpc) is 2.29. The van der Waals surface area contributed by atoms with Crippen molar-refractivity contribution in [1.29, 1.82) is 0 Å². The molecule has 0 aromatic heterocycles. The summed E-state index contributed by atoms with van der Waals surface area (Å²) in [6, 6.07) is 7.61. The maximum atomic E-state index is 9.62. The van der Waals surface area contributed by atoms with Crippen molar-refractivity contribution in [1.82, 2.24) is 0 Å². The molecule has 1 unspecified atom stereocenters. The van der Waals surface area contributed by atoms with Crippen molar-refractivity contribution in [3.05, 3.63) is 29.8 Å². The molecule has 0 amide bonds. The van der Waals surface area contributed by atoms with Crippen molar-refractivity contribution < 1.29 is 9.84 Å². The largest absolute Gasteiger partial charge is 0.494 e. The number of ether oxygens (including phenoxy) is 1. The van der Waals surface area contributed by atoms with Crippen molar-refractivity contribution >= 4 is 15.9 Å². The highest BCUT2D eigenvalue weighted by molar-refractivity contribution is 9.09. The highest BCUT2D eigenvalue weighted by Crippen LogP contribution is 2.20. The van der Waals surface area contributed by atoms with Gasteiger partial charge in [-0.15, -0.1) is 0 Å². The third-order valence-electron chi connectivity index (χ3n) is 2.16. The predicted molar refractivity (Wildman–Crippen MR) is 65.6 cm³/mol. The first-order chi connectivity index (χ1) is 7.27. The van der Waals surface area contributed by atoms with E-state index in [9.17, 15) is 5.11 Å². The Morgan fingerprint density at radius 1 is 1.47 bits per heavy atom. The molecule has 0 spiro atoms. The van der Waals surface area contributed by atoms with Crippen LogP contribution in [0.1, 0.15) is 31.4 Å². The van der Waals surface area contributed by atoms with E-state index in [1.807, 2.05) is 24.3 Å². The Balaban J connectivity index is 2.57. The van der Waals surface area contributed by atoms with E-state index in [4.69, 9.17) is 4.74 Å². The summed E-state index contributed by atoms with van der Waals surface area (Å²) in [4.78, 5) is 0. The van der Waals surface area contributed by atoms with Gasteiger partial charge in [-0.1, -0.05) is 41.4 Å². The molecule has 15 heavy (non-hydrogen) atoms. The Kier molecular flexibility index (Phi) is 5.73. The summed E-state index contributed by atoms with van der Waals surface area (Å²) in [5.74, 6) is 0.834. The minimum atomic E-state index is -0.459. The molecule has 0 bridgehead atoms. The molecule has 1 atom stereocenters. The van der Waals surface area contributed by atoms with Gasteiger partial charge >= 0.3 is 0 Å². The zero-order chi connectivity index (χ0) is 11.1. The van der Waals surface area contributed by atoms with Gasteiger partial charge in [0.25, 0.3) is 0 Å². The molecule has 0 saturated carbocycles. The van der Waals surface area contributed by atoms with Crippen LogP contribution in [0.2, 0.25) is 0 Å². The summed E-state index contributed by atoms with van der Waals surface area (Å²) < 4.78 is 5.56. The normalized spacial score (nSPS) is 12.5. The molecule has 0 fully saturated rings. The second kappa shape index (κ2) is 6.85. The quantitative estimate of drug-likeness (QED) is 0.636. The maximum absolute atomic E-state index is 9.62. The van der Waals surface area contributed by atoms with E-state index in [0.717, 1.165) is 30.8 Å². The fourth-order valence-electron chi connectivity index (χ4n) is 1.24. The number of aliphatic hydroxyl groups is 1. The molecule has 1 N–H and O–H groups in total. The van der Waals surface area contributed by atoms with Crippen LogP contribution in [-0.2, 0) is 0 Å². The van der Waals surface area contributed by atoms with Gasteiger partial charge in [0, 0.05) is 5.33 Å². The highest BCUT2D eigenvalue weighted by Gasteiger charge is 2.05. The molecule has 0 heterocycles. The van der Waals surface area contributed by atoms with Gasteiger partial charge in [0.15, 0.2) is 0 Å². The van der Waals surface area contributed by atoms with E-state index in [1.165, 1.54) is 0 Å². The molecule has 2 nitrogen and oxygen atoms in total. The SMILES string of the molecule is CCCCOc1cccc(C(O)CBr)c1. The number of aliphatic hydroxyl groups excluding tert-OH is 1. The summed E-state index contributed by atoms with van der Waals surface area (Å²) >= 11 is 3.25. The molecule has 0 aliphatic heterocycles. The van der Waals surface area contributed by atoms with Gasteiger partial charge in [-0.2, -0.15) is 0 Å². The van der Waals surface area contributed by atoms with Crippen molar-refractivity contribution in [3.63, 3.8) is 0 Å². The fraction of sp³-hybridized carbons (Fsp3) is 0.500. The summed E-state index contributed by atoms with van der Waals surface area (Å²) in [5, 5.41) is 10.2. The summed E-state index contributed by atoms with van der Waals surface area (Å²) in [7, 11) is 0. The minimum absolute atomic E-state index is 0.459.